The van der Waals surface area contributed by atoms with Crippen molar-refractivity contribution < 1.29 is 14.9 Å². The van der Waals surface area contributed by atoms with Crippen molar-refractivity contribution in [1.29, 1.82) is 0 Å². The highest BCUT2D eigenvalue weighted by Gasteiger charge is 2.35. The van der Waals surface area contributed by atoms with E-state index in [9.17, 15) is 14.7 Å². The minimum absolute atomic E-state index is 0.109. The molecule has 1 fully saturated rings. The maximum absolute atomic E-state index is 11.4. The zero-order chi connectivity index (χ0) is 11.7. The molecule has 0 spiro atoms. The number of H-pyrrole nitrogens is 1. The van der Waals surface area contributed by atoms with Crippen molar-refractivity contribution in [1.82, 2.24) is 9.55 Å². The van der Waals surface area contributed by atoms with Gasteiger partial charge in [-0.1, -0.05) is 0 Å². The van der Waals surface area contributed by atoms with E-state index in [1.165, 1.54) is 12.3 Å². The van der Waals surface area contributed by atoms with Crippen LogP contribution in [0.2, 0.25) is 0 Å². The molecule has 0 saturated carbocycles. The number of nitrogens with zero attached hydrogens (tertiary/aromatic N) is 1. The number of rotatable bonds is 2. The molecule has 3 N–H and O–H groups in total. The zero-order valence-electron chi connectivity index (χ0n) is 8.37. The van der Waals surface area contributed by atoms with E-state index in [0.29, 0.717) is 0 Å². The van der Waals surface area contributed by atoms with Crippen LogP contribution >= 0.6 is 0 Å². The van der Waals surface area contributed by atoms with Gasteiger partial charge in [0.05, 0.1) is 12.7 Å². The topological polar surface area (TPSA) is 105 Å². The smallest absolute Gasteiger partial charge is 0.330 e. The summed E-state index contributed by atoms with van der Waals surface area (Å²) in [6, 6.07) is 1.20. The van der Waals surface area contributed by atoms with Crippen LogP contribution in [0.15, 0.2) is 21.9 Å². The Morgan fingerprint density at radius 1 is 1.56 bits per heavy atom. The van der Waals surface area contributed by atoms with E-state index >= 15 is 0 Å². The van der Waals surface area contributed by atoms with Crippen molar-refractivity contribution in [2.24, 2.45) is 0 Å². The average molecular weight is 228 g/mol. The highest BCUT2D eigenvalue weighted by atomic mass is 16.5. The first-order chi connectivity index (χ1) is 7.63. The largest absolute Gasteiger partial charge is 0.394 e. The molecule has 7 heteroatoms. The Bertz CT molecular complexity index is 451. The summed E-state index contributed by atoms with van der Waals surface area (Å²) in [5, 5.41) is 18.4. The number of hydrogen-bond acceptors (Lipinski definition) is 5. The Morgan fingerprint density at radius 3 is 2.88 bits per heavy atom. The second-order valence-electron chi connectivity index (χ2n) is 3.61. The molecule has 3 atom stereocenters. The molecule has 0 bridgehead atoms. The molecule has 2 heterocycles. The summed E-state index contributed by atoms with van der Waals surface area (Å²) in [7, 11) is 0. The summed E-state index contributed by atoms with van der Waals surface area (Å²) in [4.78, 5) is 25.2. The van der Waals surface area contributed by atoms with Gasteiger partial charge in [0, 0.05) is 18.7 Å². The summed E-state index contributed by atoms with van der Waals surface area (Å²) in [5.41, 5.74) is -1.09. The normalized spacial score (nSPS) is 29.5. The summed E-state index contributed by atoms with van der Waals surface area (Å²) >= 11 is 0. The Labute approximate surface area is 89.9 Å². The lowest BCUT2D eigenvalue weighted by molar-refractivity contribution is -0.0469. The number of aromatic amines is 1. The van der Waals surface area contributed by atoms with Crippen molar-refractivity contribution in [2.75, 3.05) is 6.61 Å². The van der Waals surface area contributed by atoms with Gasteiger partial charge in [-0.15, -0.1) is 0 Å². The summed E-state index contributed by atoms with van der Waals surface area (Å²) in [6.45, 7) is -0.350. The maximum Gasteiger partial charge on any atom is 0.330 e. The molecule has 1 aromatic rings. The first-order valence-electron chi connectivity index (χ1n) is 4.88. The fraction of sp³-hybridized carbons (Fsp3) is 0.556. The van der Waals surface area contributed by atoms with Crippen molar-refractivity contribution in [3.8, 4) is 0 Å². The standard InChI is InChI=1S/C9H12N2O5/c12-4-6-5(13)3-8(16-6)11-7(14)1-2-10-9(11)15/h1-2,5-6,8,12-13H,3-4H2,(H,10,15)/t5-,6+,8+/m0/s1. The number of aromatic nitrogens is 2. The lowest BCUT2D eigenvalue weighted by Gasteiger charge is -2.12. The Hall–Kier alpha value is -1.44. The molecule has 0 radical (unpaired) electrons. The van der Waals surface area contributed by atoms with E-state index in [1.54, 1.807) is 0 Å². The predicted octanol–water partition coefficient (Wildman–Crippen LogP) is -1.82. The second kappa shape index (κ2) is 4.20. The molecule has 0 unspecified atom stereocenters. The van der Waals surface area contributed by atoms with Gasteiger partial charge in [-0.3, -0.25) is 4.79 Å². The Morgan fingerprint density at radius 2 is 2.31 bits per heavy atom. The van der Waals surface area contributed by atoms with Crippen molar-refractivity contribution in [2.45, 2.75) is 24.9 Å². The lowest BCUT2D eigenvalue weighted by Crippen LogP contribution is -2.37. The van der Waals surface area contributed by atoms with Crippen LogP contribution in [-0.2, 0) is 4.74 Å². The minimum Gasteiger partial charge on any atom is -0.394 e. The highest BCUT2D eigenvalue weighted by molar-refractivity contribution is 4.88. The quantitative estimate of drug-likeness (QED) is 0.552. The minimum atomic E-state index is -0.874. The maximum atomic E-state index is 11.4. The van der Waals surface area contributed by atoms with Gasteiger partial charge in [0.15, 0.2) is 0 Å². The van der Waals surface area contributed by atoms with Crippen molar-refractivity contribution in [3.63, 3.8) is 0 Å². The van der Waals surface area contributed by atoms with Crippen LogP contribution in [0.5, 0.6) is 0 Å². The van der Waals surface area contributed by atoms with E-state index in [0.717, 1.165) is 4.57 Å². The molecule has 7 nitrogen and oxygen atoms in total. The van der Waals surface area contributed by atoms with Gasteiger partial charge in [0.25, 0.3) is 5.56 Å². The molecule has 88 valence electrons. The zero-order valence-corrected chi connectivity index (χ0v) is 8.37. The van der Waals surface area contributed by atoms with Gasteiger partial charge >= 0.3 is 5.69 Å². The van der Waals surface area contributed by atoms with Crippen LogP contribution in [0.25, 0.3) is 0 Å². The van der Waals surface area contributed by atoms with E-state index < -0.39 is 29.7 Å². The Kier molecular flexibility index (Phi) is 2.90. The SMILES string of the molecule is O=c1cc[nH]c(=O)n1[C@H]1C[C@H](O)[C@@H](CO)O1. The fourth-order valence-electron chi connectivity index (χ4n) is 1.74. The van der Waals surface area contributed by atoms with Gasteiger partial charge in [-0.2, -0.15) is 0 Å². The van der Waals surface area contributed by atoms with E-state index in [4.69, 9.17) is 9.84 Å². The predicted molar refractivity (Wildman–Crippen MR) is 52.9 cm³/mol. The van der Waals surface area contributed by atoms with Gasteiger partial charge in [-0.05, 0) is 0 Å². The summed E-state index contributed by atoms with van der Waals surface area (Å²) < 4.78 is 6.10. The van der Waals surface area contributed by atoms with Crippen molar-refractivity contribution >= 4 is 0 Å². The van der Waals surface area contributed by atoms with E-state index in [1.807, 2.05) is 0 Å². The molecule has 2 rings (SSSR count). The third kappa shape index (κ3) is 1.80. The molecule has 1 aliphatic heterocycles. The van der Waals surface area contributed by atoms with Crippen LogP contribution in [0.1, 0.15) is 12.6 Å². The van der Waals surface area contributed by atoms with Crippen molar-refractivity contribution in [3.05, 3.63) is 33.1 Å². The molecule has 1 saturated heterocycles. The molecular formula is C9H12N2O5. The fourth-order valence-corrected chi connectivity index (χ4v) is 1.74. The number of nitrogens with one attached hydrogen (secondary N) is 1. The van der Waals surface area contributed by atoms with Crippen LogP contribution in [-0.4, -0.2) is 38.6 Å². The molecule has 0 aromatic carbocycles. The molecule has 16 heavy (non-hydrogen) atoms. The number of aliphatic hydroxyl groups is 2. The number of aliphatic hydroxyl groups excluding tert-OH is 2. The molecule has 1 aromatic heterocycles. The lowest BCUT2D eigenvalue weighted by atomic mass is 10.2. The van der Waals surface area contributed by atoms with Crippen LogP contribution in [0.4, 0.5) is 0 Å². The first kappa shape index (κ1) is 11.1. The summed E-state index contributed by atoms with van der Waals surface area (Å²) in [5.74, 6) is 0. The van der Waals surface area contributed by atoms with Gasteiger partial charge in [0.2, 0.25) is 0 Å². The van der Waals surface area contributed by atoms with Gasteiger partial charge in [-0.25, -0.2) is 9.36 Å². The first-order valence-corrected chi connectivity index (χ1v) is 4.88. The highest BCUT2D eigenvalue weighted by Crippen LogP contribution is 2.26. The monoisotopic (exact) mass is 228 g/mol. The third-order valence-corrected chi connectivity index (χ3v) is 2.56. The van der Waals surface area contributed by atoms with Gasteiger partial charge < -0.3 is 19.9 Å². The summed E-state index contributed by atoms with van der Waals surface area (Å²) in [6.07, 6.45) is -1.10. The molecule has 0 amide bonds. The average Bonchev–Trinajstić information content (AvgIpc) is 2.59. The van der Waals surface area contributed by atoms with Gasteiger partial charge in [0.1, 0.15) is 12.3 Å². The van der Waals surface area contributed by atoms with Crippen LogP contribution in [0.3, 0.4) is 0 Å². The molecular weight excluding hydrogens is 216 g/mol. The Balaban J connectivity index is 2.34. The number of ether oxygens (including phenoxy) is 1. The molecule has 0 aliphatic carbocycles. The van der Waals surface area contributed by atoms with E-state index in [-0.39, 0.29) is 13.0 Å². The second-order valence-corrected chi connectivity index (χ2v) is 3.61. The van der Waals surface area contributed by atoms with Crippen LogP contribution < -0.4 is 11.2 Å². The van der Waals surface area contributed by atoms with Crippen LogP contribution in [0, 0.1) is 0 Å². The third-order valence-electron chi connectivity index (χ3n) is 2.56. The molecule has 1 aliphatic rings. The van der Waals surface area contributed by atoms with E-state index in [2.05, 4.69) is 4.98 Å². The number of hydrogen-bond donors (Lipinski definition) is 3.